The molecule has 162 valence electrons. The van der Waals surface area contributed by atoms with Gasteiger partial charge < -0.3 is 0 Å². The van der Waals surface area contributed by atoms with Crippen molar-refractivity contribution in [2.75, 3.05) is 5.32 Å². The van der Waals surface area contributed by atoms with Crippen LogP contribution in [-0.4, -0.2) is 20.8 Å². The third-order valence-corrected chi connectivity index (χ3v) is 6.36. The van der Waals surface area contributed by atoms with Gasteiger partial charge in [0.05, 0.1) is 31.9 Å². The summed E-state index contributed by atoms with van der Waals surface area (Å²) < 4.78 is 0.635. The van der Waals surface area contributed by atoms with Crippen molar-refractivity contribution >= 4 is 49.2 Å². The molecular weight excluding hydrogens is 436 g/mol. The zero-order chi connectivity index (χ0) is 22.9. The molecule has 2 aromatic heterocycles. The van der Waals surface area contributed by atoms with E-state index in [4.69, 9.17) is 4.98 Å². The molecule has 7 nitrogen and oxygen atoms in total. The van der Waals surface area contributed by atoms with Crippen LogP contribution in [0.2, 0.25) is 0 Å². The molecule has 0 aliphatic heterocycles. The van der Waals surface area contributed by atoms with Crippen molar-refractivity contribution in [3.8, 4) is 11.3 Å². The Bertz CT molecular complexity index is 1530. The number of carbonyl (C=O) groups excluding carboxylic acids is 1. The zero-order valence-electron chi connectivity index (χ0n) is 17.6. The van der Waals surface area contributed by atoms with Crippen LogP contribution in [0.3, 0.4) is 0 Å². The fourth-order valence-electron chi connectivity index (χ4n) is 3.67. The highest BCUT2D eigenvalue weighted by molar-refractivity contribution is 7.22. The minimum absolute atomic E-state index is 0.0112. The smallest absolute Gasteiger partial charge is 0.270 e. The normalized spacial score (nSPS) is 11.1. The van der Waals surface area contributed by atoms with Crippen LogP contribution in [0.25, 0.3) is 32.4 Å². The van der Waals surface area contributed by atoms with Gasteiger partial charge in [0, 0.05) is 23.1 Å². The number of nitrogens with zero attached hydrogens (tertiary/aromatic N) is 3. The van der Waals surface area contributed by atoms with E-state index in [-0.39, 0.29) is 11.6 Å². The van der Waals surface area contributed by atoms with E-state index in [1.165, 1.54) is 29.0 Å². The van der Waals surface area contributed by atoms with Gasteiger partial charge in [-0.15, -0.1) is 0 Å². The number of rotatable bonds is 5. The second-order valence-corrected chi connectivity index (χ2v) is 8.54. The SMILES string of the molecule is CCc1ccc(-c2cc(C(=O)Nc3nc4ccc([N+](=O)[O-])cc4s3)c3ccccc3n2)cc1. The highest BCUT2D eigenvalue weighted by Crippen LogP contribution is 2.31. The number of anilines is 1. The maximum atomic E-state index is 13.3. The van der Waals surface area contributed by atoms with Gasteiger partial charge in [-0.25, -0.2) is 9.97 Å². The molecular formula is C25H18N4O3S. The van der Waals surface area contributed by atoms with Crippen molar-refractivity contribution in [2.24, 2.45) is 0 Å². The summed E-state index contributed by atoms with van der Waals surface area (Å²) in [6.45, 7) is 2.10. The zero-order valence-corrected chi connectivity index (χ0v) is 18.4. The molecule has 3 aromatic carbocycles. The first-order chi connectivity index (χ1) is 16.0. The number of hydrogen-bond donors (Lipinski definition) is 1. The third kappa shape index (κ3) is 4.04. The number of carbonyl (C=O) groups is 1. The van der Waals surface area contributed by atoms with Gasteiger partial charge in [-0.2, -0.15) is 0 Å². The molecule has 1 N–H and O–H groups in total. The summed E-state index contributed by atoms with van der Waals surface area (Å²) in [4.78, 5) is 33.0. The minimum Gasteiger partial charge on any atom is -0.298 e. The number of benzene rings is 3. The molecule has 1 amide bonds. The number of fused-ring (bicyclic) bond motifs is 2. The van der Waals surface area contributed by atoms with Gasteiger partial charge in [0.15, 0.2) is 5.13 Å². The van der Waals surface area contributed by atoms with Crippen molar-refractivity contribution in [1.29, 1.82) is 0 Å². The van der Waals surface area contributed by atoms with Crippen LogP contribution >= 0.6 is 11.3 Å². The van der Waals surface area contributed by atoms with Crippen LogP contribution in [0, 0.1) is 10.1 Å². The maximum absolute atomic E-state index is 13.3. The topological polar surface area (TPSA) is 98.0 Å². The Hall–Kier alpha value is -4.17. The number of thiazole rings is 1. The van der Waals surface area contributed by atoms with E-state index in [9.17, 15) is 14.9 Å². The van der Waals surface area contributed by atoms with E-state index in [1.807, 2.05) is 36.4 Å². The Morgan fingerprint density at radius 3 is 2.55 bits per heavy atom. The molecule has 0 saturated heterocycles. The number of pyridine rings is 1. The van der Waals surface area contributed by atoms with Crippen molar-refractivity contribution in [3.05, 3.63) is 94.0 Å². The standard InChI is InChI=1S/C25H18N4O3S/c1-2-15-7-9-16(10-8-15)22-14-19(18-5-3-4-6-20(18)26-22)24(30)28-25-27-21-12-11-17(29(31)32)13-23(21)33-25/h3-14H,2H2,1H3,(H,27,28,30). The highest BCUT2D eigenvalue weighted by atomic mass is 32.1. The molecule has 0 bridgehead atoms. The second-order valence-electron chi connectivity index (χ2n) is 7.50. The number of nitro groups is 1. The monoisotopic (exact) mass is 454 g/mol. The summed E-state index contributed by atoms with van der Waals surface area (Å²) in [6.07, 6.45) is 0.949. The van der Waals surface area contributed by atoms with E-state index in [0.717, 1.165) is 22.9 Å². The van der Waals surface area contributed by atoms with Gasteiger partial charge in [0.25, 0.3) is 11.6 Å². The Balaban J connectivity index is 1.53. The van der Waals surface area contributed by atoms with E-state index >= 15 is 0 Å². The molecule has 5 rings (SSSR count). The van der Waals surface area contributed by atoms with Gasteiger partial charge in [0.1, 0.15) is 0 Å². The first-order valence-electron chi connectivity index (χ1n) is 10.4. The molecule has 8 heteroatoms. The molecule has 0 aliphatic carbocycles. The predicted octanol–water partition coefficient (Wildman–Crippen LogP) is 6.23. The molecule has 0 aliphatic rings. The number of non-ortho nitro benzene ring substituents is 1. The fraction of sp³-hybridized carbons (Fsp3) is 0.0800. The average molecular weight is 455 g/mol. The summed E-state index contributed by atoms with van der Waals surface area (Å²) in [6, 6.07) is 21.9. The largest absolute Gasteiger partial charge is 0.298 e. The number of hydrogen-bond acceptors (Lipinski definition) is 6. The average Bonchev–Trinajstić information content (AvgIpc) is 3.24. The molecule has 0 radical (unpaired) electrons. The molecule has 0 spiro atoms. The van der Waals surface area contributed by atoms with E-state index < -0.39 is 4.92 Å². The number of para-hydroxylation sites is 1. The van der Waals surface area contributed by atoms with Gasteiger partial charge in [0.2, 0.25) is 0 Å². The molecule has 0 atom stereocenters. The van der Waals surface area contributed by atoms with Gasteiger partial charge in [-0.05, 0) is 30.2 Å². The number of aromatic nitrogens is 2. The molecule has 0 unspecified atom stereocenters. The molecule has 0 fully saturated rings. The number of nitro benzene ring substituents is 1. The van der Waals surface area contributed by atoms with Gasteiger partial charge in [-0.3, -0.25) is 20.2 Å². The molecule has 2 heterocycles. The summed E-state index contributed by atoms with van der Waals surface area (Å²) in [5.41, 5.74) is 4.66. The Labute approximate surface area is 192 Å². The molecule has 5 aromatic rings. The molecule has 33 heavy (non-hydrogen) atoms. The molecule has 0 saturated carbocycles. The van der Waals surface area contributed by atoms with E-state index in [2.05, 4.69) is 29.4 Å². The third-order valence-electron chi connectivity index (χ3n) is 5.42. The number of amides is 1. The van der Waals surface area contributed by atoms with Crippen molar-refractivity contribution in [3.63, 3.8) is 0 Å². The summed E-state index contributed by atoms with van der Waals surface area (Å²) in [5, 5.41) is 15.0. The lowest BCUT2D eigenvalue weighted by Crippen LogP contribution is -2.13. The lowest BCUT2D eigenvalue weighted by molar-refractivity contribution is -0.384. The van der Waals surface area contributed by atoms with Gasteiger partial charge in [-0.1, -0.05) is 60.7 Å². The summed E-state index contributed by atoms with van der Waals surface area (Å²) in [5.74, 6) is -0.311. The summed E-state index contributed by atoms with van der Waals surface area (Å²) in [7, 11) is 0. The Morgan fingerprint density at radius 1 is 1.00 bits per heavy atom. The fourth-order valence-corrected chi connectivity index (χ4v) is 4.56. The quantitative estimate of drug-likeness (QED) is 0.251. The van der Waals surface area contributed by atoms with Crippen LogP contribution in [0.5, 0.6) is 0 Å². The lowest BCUT2D eigenvalue weighted by atomic mass is 10.0. The first kappa shape index (κ1) is 20.7. The van der Waals surface area contributed by atoms with Crippen LogP contribution in [0.1, 0.15) is 22.8 Å². The van der Waals surface area contributed by atoms with Crippen LogP contribution in [0.15, 0.2) is 72.8 Å². The van der Waals surface area contributed by atoms with Crippen LogP contribution in [-0.2, 0) is 6.42 Å². The van der Waals surface area contributed by atoms with Crippen LogP contribution in [0.4, 0.5) is 10.8 Å². The Morgan fingerprint density at radius 2 is 1.79 bits per heavy atom. The highest BCUT2D eigenvalue weighted by Gasteiger charge is 2.17. The lowest BCUT2D eigenvalue weighted by Gasteiger charge is -2.10. The predicted molar refractivity (Wildman–Crippen MR) is 131 cm³/mol. The van der Waals surface area contributed by atoms with Crippen molar-refractivity contribution in [1.82, 2.24) is 9.97 Å². The second kappa shape index (κ2) is 8.40. The summed E-state index contributed by atoms with van der Waals surface area (Å²) >= 11 is 1.20. The minimum atomic E-state index is -0.449. The van der Waals surface area contributed by atoms with E-state index in [1.54, 1.807) is 12.1 Å². The maximum Gasteiger partial charge on any atom is 0.270 e. The number of aryl methyl sites for hydroxylation is 1. The van der Waals surface area contributed by atoms with Crippen molar-refractivity contribution < 1.29 is 9.72 Å². The Kier molecular flexibility index (Phi) is 5.27. The van der Waals surface area contributed by atoms with E-state index in [0.29, 0.717) is 26.6 Å². The first-order valence-corrected chi connectivity index (χ1v) is 11.2. The van der Waals surface area contributed by atoms with Gasteiger partial charge >= 0.3 is 0 Å². The number of nitrogens with one attached hydrogen (secondary N) is 1. The van der Waals surface area contributed by atoms with Crippen LogP contribution < -0.4 is 5.32 Å². The van der Waals surface area contributed by atoms with Crippen molar-refractivity contribution in [2.45, 2.75) is 13.3 Å².